The molecule has 3 heterocycles. The maximum atomic E-state index is 12.4. The van der Waals surface area contributed by atoms with Crippen molar-refractivity contribution in [1.29, 1.82) is 0 Å². The van der Waals surface area contributed by atoms with Crippen molar-refractivity contribution < 1.29 is 19.1 Å². The summed E-state index contributed by atoms with van der Waals surface area (Å²) in [6.07, 6.45) is 0.160. The molecule has 0 atom stereocenters. The van der Waals surface area contributed by atoms with Gasteiger partial charge in [0.25, 0.3) is 5.91 Å². The molecule has 0 aromatic carbocycles. The van der Waals surface area contributed by atoms with Crippen LogP contribution in [0, 0.1) is 6.92 Å². The number of rotatable bonds is 0. The average molecular weight is 290 g/mol. The Bertz CT molecular complexity index is 646. The van der Waals surface area contributed by atoms with E-state index in [4.69, 9.17) is 9.47 Å². The van der Waals surface area contributed by atoms with Gasteiger partial charge in [0, 0.05) is 17.5 Å². The summed E-state index contributed by atoms with van der Waals surface area (Å²) < 4.78 is 10.7. The van der Waals surface area contributed by atoms with Crippen LogP contribution in [0.3, 0.4) is 0 Å². The molecular formula is C15H18N2O4. The number of imide groups is 1. The number of nitrogens with zero attached hydrogens (tertiary/aromatic N) is 2. The van der Waals surface area contributed by atoms with Crippen LogP contribution in [-0.2, 0) is 17.7 Å². The molecule has 0 bridgehead atoms. The average Bonchev–Trinajstić information content (AvgIpc) is 2.94. The lowest BCUT2D eigenvalue weighted by Crippen LogP contribution is -2.37. The van der Waals surface area contributed by atoms with Gasteiger partial charge in [-0.1, -0.05) is 0 Å². The molecule has 0 N–H and O–H groups in total. The molecule has 2 aliphatic rings. The highest BCUT2D eigenvalue weighted by molar-refractivity contribution is 6.05. The SMILES string of the molecule is Cc1c2c(nc3c1CN(C(=O)OC(C)(C)C)C3=O)OCC2. The van der Waals surface area contributed by atoms with Gasteiger partial charge >= 0.3 is 6.09 Å². The molecule has 0 spiro atoms. The normalized spacial score (nSPS) is 16.6. The molecule has 2 aliphatic heterocycles. The number of carbonyl (C=O) groups excluding carboxylic acids is 2. The fourth-order valence-corrected chi connectivity index (χ4v) is 2.61. The smallest absolute Gasteiger partial charge is 0.417 e. The third-order valence-electron chi connectivity index (χ3n) is 3.63. The zero-order valence-electron chi connectivity index (χ0n) is 12.6. The molecule has 0 aliphatic carbocycles. The second-order valence-electron chi connectivity index (χ2n) is 6.32. The quantitative estimate of drug-likeness (QED) is 0.732. The zero-order valence-corrected chi connectivity index (χ0v) is 12.6. The van der Waals surface area contributed by atoms with Crippen molar-refractivity contribution in [3.05, 3.63) is 22.4 Å². The van der Waals surface area contributed by atoms with E-state index < -0.39 is 17.6 Å². The lowest BCUT2D eigenvalue weighted by atomic mass is 10.0. The minimum atomic E-state index is -0.639. The van der Waals surface area contributed by atoms with Crippen molar-refractivity contribution in [1.82, 2.24) is 9.88 Å². The monoisotopic (exact) mass is 290 g/mol. The van der Waals surface area contributed by atoms with Crippen molar-refractivity contribution >= 4 is 12.0 Å². The van der Waals surface area contributed by atoms with Crippen molar-refractivity contribution in [2.45, 2.75) is 46.3 Å². The minimum Gasteiger partial charge on any atom is -0.477 e. The summed E-state index contributed by atoms with van der Waals surface area (Å²) in [7, 11) is 0. The lowest BCUT2D eigenvalue weighted by molar-refractivity contribution is 0.0247. The van der Waals surface area contributed by atoms with Gasteiger partial charge in [-0.15, -0.1) is 0 Å². The topological polar surface area (TPSA) is 68.7 Å². The first-order chi connectivity index (χ1) is 9.78. The van der Waals surface area contributed by atoms with Crippen LogP contribution >= 0.6 is 0 Å². The number of hydrogen-bond donors (Lipinski definition) is 0. The van der Waals surface area contributed by atoms with Crippen LogP contribution in [0.4, 0.5) is 4.79 Å². The van der Waals surface area contributed by atoms with Crippen molar-refractivity contribution in [3.63, 3.8) is 0 Å². The molecule has 6 heteroatoms. The van der Waals surface area contributed by atoms with E-state index in [2.05, 4.69) is 4.98 Å². The van der Waals surface area contributed by atoms with E-state index in [9.17, 15) is 9.59 Å². The molecule has 3 rings (SSSR count). The molecule has 0 unspecified atom stereocenters. The molecule has 6 nitrogen and oxygen atoms in total. The van der Waals surface area contributed by atoms with E-state index in [-0.39, 0.29) is 6.54 Å². The zero-order chi connectivity index (χ0) is 15.4. The second-order valence-corrected chi connectivity index (χ2v) is 6.32. The third-order valence-corrected chi connectivity index (χ3v) is 3.63. The Hall–Kier alpha value is -2.11. The van der Waals surface area contributed by atoms with E-state index in [1.54, 1.807) is 20.8 Å². The summed E-state index contributed by atoms with van der Waals surface area (Å²) in [5, 5.41) is 0. The number of aromatic nitrogens is 1. The van der Waals surface area contributed by atoms with E-state index in [0.29, 0.717) is 18.2 Å². The predicted octanol–water partition coefficient (Wildman–Crippen LogP) is 2.22. The molecule has 1 aromatic rings. The van der Waals surface area contributed by atoms with Gasteiger partial charge in [0.05, 0.1) is 13.2 Å². The number of amides is 2. The van der Waals surface area contributed by atoms with Crippen LogP contribution in [0.2, 0.25) is 0 Å². The van der Waals surface area contributed by atoms with Gasteiger partial charge in [0.2, 0.25) is 5.88 Å². The number of fused-ring (bicyclic) bond motifs is 2. The van der Waals surface area contributed by atoms with Crippen molar-refractivity contribution in [2.24, 2.45) is 0 Å². The Morgan fingerprint density at radius 3 is 2.71 bits per heavy atom. The highest BCUT2D eigenvalue weighted by Gasteiger charge is 2.39. The van der Waals surface area contributed by atoms with E-state index in [1.165, 1.54) is 0 Å². The Labute approximate surface area is 123 Å². The summed E-state index contributed by atoms with van der Waals surface area (Å²) in [5.41, 5.74) is 2.49. The molecule has 0 fully saturated rings. The maximum Gasteiger partial charge on any atom is 0.417 e. The molecule has 0 saturated carbocycles. The number of carbonyl (C=O) groups is 2. The van der Waals surface area contributed by atoms with E-state index in [1.807, 2.05) is 6.92 Å². The van der Waals surface area contributed by atoms with Crippen molar-refractivity contribution in [2.75, 3.05) is 6.61 Å². The Kier molecular flexibility index (Phi) is 2.93. The molecule has 1 aromatic heterocycles. The van der Waals surface area contributed by atoms with Gasteiger partial charge in [-0.25, -0.2) is 14.7 Å². The van der Waals surface area contributed by atoms with Crippen molar-refractivity contribution in [3.8, 4) is 5.88 Å². The van der Waals surface area contributed by atoms with Gasteiger partial charge < -0.3 is 9.47 Å². The highest BCUT2D eigenvalue weighted by atomic mass is 16.6. The first-order valence-corrected chi connectivity index (χ1v) is 6.98. The highest BCUT2D eigenvalue weighted by Crippen LogP contribution is 2.34. The Balaban J connectivity index is 1.93. The largest absolute Gasteiger partial charge is 0.477 e. The third kappa shape index (κ3) is 2.24. The number of pyridine rings is 1. The molecule has 2 amide bonds. The van der Waals surface area contributed by atoms with Gasteiger partial charge in [-0.3, -0.25) is 4.79 Å². The standard InChI is InChI=1S/C15H18N2O4/c1-8-9-5-6-20-12(9)16-11-10(8)7-17(13(11)18)14(19)21-15(2,3)4/h5-7H2,1-4H3. The summed E-state index contributed by atoms with van der Waals surface area (Å²) >= 11 is 0. The van der Waals surface area contributed by atoms with E-state index >= 15 is 0 Å². The molecule has 112 valence electrons. The fraction of sp³-hybridized carbons (Fsp3) is 0.533. The Morgan fingerprint density at radius 1 is 1.33 bits per heavy atom. The fourth-order valence-electron chi connectivity index (χ4n) is 2.61. The van der Waals surface area contributed by atoms with Crippen LogP contribution in [0.25, 0.3) is 0 Å². The Morgan fingerprint density at radius 2 is 2.05 bits per heavy atom. The van der Waals surface area contributed by atoms with Gasteiger partial charge in [0.1, 0.15) is 11.3 Å². The van der Waals surface area contributed by atoms with Crippen LogP contribution in [-0.4, -0.2) is 34.1 Å². The lowest BCUT2D eigenvalue weighted by Gasteiger charge is -2.23. The number of hydrogen-bond acceptors (Lipinski definition) is 5. The van der Waals surface area contributed by atoms with Gasteiger partial charge in [0.15, 0.2) is 0 Å². The summed E-state index contributed by atoms with van der Waals surface area (Å²) in [5.74, 6) is 0.103. The predicted molar refractivity (Wildman–Crippen MR) is 74.3 cm³/mol. The summed E-state index contributed by atoms with van der Waals surface area (Å²) in [6.45, 7) is 8.06. The number of ether oxygens (including phenoxy) is 2. The van der Waals surface area contributed by atoms with E-state index in [0.717, 1.165) is 28.0 Å². The molecule has 0 saturated heterocycles. The molecule has 21 heavy (non-hydrogen) atoms. The molecular weight excluding hydrogens is 272 g/mol. The van der Waals surface area contributed by atoms with Crippen LogP contribution in [0.1, 0.15) is 48.0 Å². The van der Waals surface area contributed by atoms with Gasteiger partial charge in [-0.05, 0) is 33.3 Å². The van der Waals surface area contributed by atoms with Crippen LogP contribution in [0.5, 0.6) is 5.88 Å². The summed E-state index contributed by atoms with van der Waals surface area (Å²) in [4.78, 5) is 29.9. The van der Waals surface area contributed by atoms with Crippen LogP contribution in [0.15, 0.2) is 0 Å². The molecule has 0 radical (unpaired) electrons. The second kappa shape index (κ2) is 4.44. The first-order valence-electron chi connectivity index (χ1n) is 6.98. The van der Waals surface area contributed by atoms with Crippen LogP contribution < -0.4 is 4.74 Å². The minimum absolute atomic E-state index is 0.217. The van der Waals surface area contributed by atoms with Gasteiger partial charge in [-0.2, -0.15) is 0 Å². The summed E-state index contributed by atoms with van der Waals surface area (Å²) in [6, 6.07) is 0. The first kappa shape index (κ1) is 13.9. The maximum absolute atomic E-state index is 12.4.